The second-order valence-corrected chi connectivity index (χ2v) is 8.28. The van der Waals surface area contributed by atoms with Crippen LogP contribution in [0, 0.1) is 15.9 Å². The maximum atomic E-state index is 14.0. The average molecular weight is 540 g/mol. The van der Waals surface area contributed by atoms with Crippen LogP contribution in [0.15, 0.2) is 66.2 Å². The summed E-state index contributed by atoms with van der Waals surface area (Å²) in [4.78, 5) is 49.1. The second-order valence-electron chi connectivity index (χ2n) is 7.87. The fraction of sp³-hybridized carbons (Fsp3) is 0.115. The molecule has 0 bridgehead atoms. The summed E-state index contributed by atoms with van der Waals surface area (Å²) in [5.74, 6) is -2.00. The Labute approximate surface area is 220 Å². The van der Waals surface area contributed by atoms with E-state index in [1.54, 1.807) is 25.1 Å². The molecule has 1 aliphatic rings. The minimum atomic E-state index is -1.00. The number of nitrogens with one attached hydrogen (secondary N) is 1. The Morgan fingerprint density at radius 2 is 1.79 bits per heavy atom. The third-order valence-corrected chi connectivity index (χ3v) is 5.67. The molecule has 0 aliphatic carbocycles. The zero-order chi connectivity index (χ0) is 27.4. The second kappa shape index (κ2) is 11.1. The molecule has 1 N–H and O–H groups in total. The third-order valence-electron chi connectivity index (χ3n) is 5.39. The van der Waals surface area contributed by atoms with Gasteiger partial charge in [0.1, 0.15) is 18.0 Å². The molecule has 0 spiro atoms. The molecular formula is C26H19ClFN3O7. The van der Waals surface area contributed by atoms with Crippen molar-refractivity contribution >= 4 is 46.9 Å². The largest absolute Gasteiger partial charge is 0.490 e. The molecule has 194 valence electrons. The molecule has 3 aromatic rings. The molecule has 3 aromatic carbocycles. The van der Waals surface area contributed by atoms with Crippen LogP contribution in [0.3, 0.4) is 0 Å². The number of halogens is 2. The van der Waals surface area contributed by atoms with E-state index in [1.165, 1.54) is 36.4 Å². The number of rotatable bonds is 8. The van der Waals surface area contributed by atoms with Crippen molar-refractivity contribution in [2.24, 2.45) is 0 Å². The summed E-state index contributed by atoms with van der Waals surface area (Å²) in [5, 5.41) is 13.1. The number of amides is 4. The predicted molar refractivity (Wildman–Crippen MR) is 135 cm³/mol. The fourth-order valence-electron chi connectivity index (χ4n) is 3.62. The highest BCUT2D eigenvalue weighted by atomic mass is 35.5. The van der Waals surface area contributed by atoms with Crippen molar-refractivity contribution in [3.63, 3.8) is 0 Å². The molecule has 4 amide bonds. The number of anilines is 1. The fourth-order valence-corrected chi connectivity index (χ4v) is 3.90. The van der Waals surface area contributed by atoms with Crippen molar-refractivity contribution in [1.29, 1.82) is 0 Å². The highest BCUT2D eigenvalue weighted by Gasteiger charge is 2.37. The molecule has 4 rings (SSSR count). The minimum Gasteiger partial charge on any atom is -0.490 e. The van der Waals surface area contributed by atoms with Crippen LogP contribution in [0.2, 0.25) is 5.02 Å². The van der Waals surface area contributed by atoms with Crippen LogP contribution >= 0.6 is 11.6 Å². The summed E-state index contributed by atoms with van der Waals surface area (Å²) < 4.78 is 25.3. The number of imide groups is 2. The van der Waals surface area contributed by atoms with Gasteiger partial charge in [-0.25, -0.2) is 14.1 Å². The number of carbonyl (C=O) groups excluding carboxylic acids is 3. The van der Waals surface area contributed by atoms with Gasteiger partial charge in [0.2, 0.25) is 0 Å². The molecule has 0 unspecified atom stereocenters. The number of nitro benzene ring substituents is 1. The van der Waals surface area contributed by atoms with E-state index in [1.807, 2.05) is 0 Å². The molecule has 1 aliphatic heterocycles. The monoisotopic (exact) mass is 539 g/mol. The van der Waals surface area contributed by atoms with Crippen LogP contribution in [-0.2, 0) is 16.2 Å². The summed E-state index contributed by atoms with van der Waals surface area (Å²) >= 11 is 6.42. The SMILES string of the molecule is CCOc1cc(/C=C2\C(=O)NC(=O)N(c3ccc([N+](=O)[O-])cc3)C2=O)cc(Cl)c1OCc1ccccc1F. The van der Waals surface area contributed by atoms with E-state index in [0.717, 1.165) is 12.1 Å². The van der Waals surface area contributed by atoms with Gasteiger partial charge in [-0.05, 0) is 48.9 Å². The zero-order valence-corrected chi connectivity index (χ0v) is 20.5. The van der Waals surface area contributed by atoms with Gasteiger partial charge in [-0.2, -0.15) is 0 Å². The van der Waals surface area contributed by atoms with Gasteiger partial charge in [-0.3, -0.25) is 25.0 Å². The number of urea groups is 1. The van der Waals surface area contributed by atoms with E-state index in [0.29, 0.717) is 10.5 Å². The van der Waals surface area contributed by atoms with Crippen LogP contribution in [0.25, 0.3) is 6.08 Å². The van der Waals surface area contributed by atoms with E-state index in [2.05, 4.69) is 5.32 Å². The predicted octanol–water partition coefficient (Wildman–Crippen LogP) is 5.03. The van der Waals surface area contributed by atoms with E-state index in [9.17, 15) is 28.9 Å². The van der Waals surface area contributed by atoms with Gasteiger partial charge in [0.15, 0.2) is 11.5 Å². The molecule has 1 heterocycles. The maximum Gasteiger partial charge on any atom is 0.335 e. The third kappa shape index (κ3) is 5.47. The normalized spacial score (nSPS) is 14.4. The summed E-state index contributed by atoms with van der Waals surface area (Å²) in [6.07, 6.45) is 1.22. The summed E-state index contributed by atoms with van der Waals surface area (Å²) in [7, 11) is 0. The van der Waals surface area contributed by atoms with E-state index < -0.39 is 28.6 Å². The molecule has 0 radical (unpaired) electrons. The Kier molecular flexibility index (Phi) is 7.68. The number of hydrogen-bond donors (Lipinski definition) is 1. The first kappa shape index (κ1) is 26.3. The summed E-state index contributed by atoms with van der Waals surface area (Å²) in [5.41, 5.74) is -0.00494. The lowest BCUT2D eigenvalue weighted by Gasteiger charge is -2.26. The Morgan fingerprint density at radius 3 is 2.45 bits per heavy atom. The van der Waals surface area contributed by atoms with Gasteiger partial charge in [-0.15, -0.1) is 0 Å². The van der Waals surface area contributed by atoms with Crippen LogP contribution in [0.4, 0.5) is 20.6 Å². The molecule has 0 aromatic heterocycles. The number of benzene rings is 3. The molecule has 10 nitrogen and oxygen atoms in total. The number of nitro groups is 1. The summed E-state index contributed by atoms with van der Waals surface area (Å²) in [6.45, 7) is 1.83. The van der Waals surface area contributed by atoms with Crippen LogP contribution in [0.1, 0.15) is 18.1 Å². The molecule has 38 heavy (non-hydrogen) atoms. The number of nitrogens with zero attached hydrogens (tertiary/aromatic N) is 2. The van der Waals surface area contributed by atoms with Gasteiger partial charge >= 0.3 is 6.03 Å². The number of barbiturate groups is 1. The van der Waals surface area contributed by atoms with Crippen molar-refractivity contribution < 1.29 is 33.2 Å². The molecule has 12 heteroatoms. The Morgan fingerprint density at radius 1 is 1.08 bits per heavy atom. The highest BCUT2D eigenvalue weighted by molar-refractivity contribution is 6.39. The van der Waals surface area contributed by atoms with Crippen LogP contribution in [-0.4, -0.2) is 29.4 Å². The van der Waals surface area contributed by atoms with Crippen molar-refractivity contribution in [2.75, 3.05) is 11.5 Å². The maximum absolute atomic E-state index is 14.0. The first-order chi connectivity index (χ1) is 18.2. The molecule has 1 saturated heterocycles. The van der Waals surface area contributed by atoms with Gasteiger partial charge in [0, 0.05) is 17.7 Å². The number of hydrogen-bond acceptors (Lipinski definition) is 7. The lowest BCUT2D eigenvalue weighted by Crippen LogP contribution is -2.54. The van der Waals surface area contributed by atoms with E-state index in [4.69, 9.17) is 21.1 Å². The smallest absolute Gasteiger partial charge is 0.335 e. The van der Waals surface area contributed by atoms with Gasteiger partial charge in [-0.1, -0.05) is 29.8 Å². The first-order valence-corrected chi connectivity index (χ1v) is 11.6. The van der Waals surface area contributed by atoms with E-state index >= 15 is 0 Å². The number of ether oxygens (including phenoxy) is 2. The van der Waals surface area contributed by atoms with Crippen LogP contribution in [0.5, 0.6) is 11.5 Å². The summed E-state index contributed by atoms with van der Waals surface area (Å²) in [6, 6.07) is 12.7. The Bertz CT molecular complexity index is 1470. The van der Waals surface area contributed by atoms with Crippen molar-refractivity contribution in [3.8, 4) is 11.5 Å². The number of carbonyl (C=O) groups is 3. The molecule has 1 fully saturated rings. The average Bonchev–Trinajstić information content (AvgIpc) is 2.87. The minimum absolute atomic E-state index is 0.0291. The number of non-ortho nitro benzene ring substituents is 1. The van der Waals surface area contributed by atoms with E-state index in [-0.39, 0.29) is 52.2 Å². The Hall–Kier alpha value is -4.77. The van der Waals surface area contributed by atoms with Gasteiger partial charge < -0.3 is 9.47 Å². The van der Waals surface area contributed by atoms with Crippen molar-refractivity contribution in [1.82, 2.24) is 5.32 Å². The molecule has 0 atom stereocenters. The Balaban J connectivity index is 1.66. The first-order valence-electron chi connectivity index (χ1n) is 11.2. The van der Waals surface area contributed by atoms with Crippen LogP contribution < -0.4 is 19.7 Å². The molecular weight excluding hydrogens is 521 g/mol. The molecule has 0 saturated carbocycles. The quantitative estimate of drug-likeness (QED) is 0.184. The zero-order valence-electron chi connectivity index (χ0n) is 19.8. The topological polar surface area (TPSA) is 128 Å². The lowest BCUT2D eigenvalue weighted by atomic mass is 10.1. The van der Waals surface area contributed by atoms with Gasteiger partial charge in [0.05, 0.1) is 22.2 Å². The lowest BCUT2D eigenvalue weighted by molar-refractivity contribution is -0.384. The standard InChI is InChI=1S/C26H19ClFN3O7/c1-2-37-22-13-15(12-20(27)23(22)38-14-16-5-3-4-6-21(16)28)11-19-24(32)29-26(34)30(25(19)33)17-7-9-18(10-8-17)31(35)36/h3-13H,2,14H2,1H3,(H,29,32,34)/b19-11+. The van der Waals surface area contributed by atoms with Crippen molar-refractivity contribution in [3.05, 3.63) is 98.3 Å². The highest BCUT2D eigenvalue weighted by Crippen LogP contribution is 2.38. The van der Waals surface area contributed by atoms with Crippen molar-refractivity contribution in [2.45, 2.75) is 13.5 Å². The van der Waals surface area contributed by atoms with Gasteiger partial charge in [0.25, 0.3) is 17.5 Å².